The number of nitrogens with zero attached hydrogens (tertiary/aromatic N) is 2. The molecular weight excluding hydrogens is 451 g/mol. The molecule has 8 heteroatoms. The third-order valence-electron chi connectivity index (χ3n) is 6.48. The molecule has 32 heavy (non-hydrogen) atoms. The Labute approximate surface area is 207 Å². The molecule has 2 unspecified atom stereocenters. The first-order chi connectivity index (χ1) is 14.6. The monoisotopic (exact) mass is 496 g/mol. The minimum absolute atomic E-state index is 0. The van der Waals surface area contributed by atoms with Crippen molar-refractivity contribution >= 4 is 36.8 Å². The van der Waals surface area contributed by atoms with Crippen molar-refractivity contribution in [1.82, 2.24) is 9.80 Å². The summed E-state index contributed by atoms with van der Waals surface area (Å²) < 4.78 is 10.6. The van der Waals surface area contributed by atoms with Crippen LogP contribution in [0.2, 0.25) is 0 Å². The average Bonchev–Trinajstić information content (AvgIpc) is 3.37. The predicted octanol–water partition coefficient (Wildman–Crippen LogP) is 5.01. The zero-order valence-electron chi connectivity index (χ0n) is 20.2. The maximum atomic E-state index is 11.9. The second kappa shape index (κ2) is 18.8. The third kappa shape index (κ3) is 12.1. The van der Waals surface area contributed by atoms with E-state index in [1.165, 1.54) is 64.5 Å². The molecule has 0 N–H and O–H groups in total. The first kappa shape index (κ1) is 31.4. The summed E-state index contributed by atoms with van der Waals surface area (Å²) in [5, 5.41) is 0. The van der Waals surface area contributed by atoms with E-state index in [2.05, 4.69) is 23.6 Å². The molecule has 0 aliphatic carbocycles. The molecule has 0 aromatic heterocycles. The fourth-order valence-corrected chi connectivity index (χ4v) is 4.96. The Balaban J connectivity index is 0.00000480. The standard InChI is InChI=1S/C24H44N2O4.2ClH/c1-3-9-21-11-5-15-25(21)17-7-19-29-23(27)13-14-24(28)30-20-8-18-26-16-6-12-22(26)10-4-2;;/h21-22H,3-20H2,1-2H3;2*1H. The van der Waals surface area contributed by atoms with Gasteiger partial charge in [-0.2, -0.15) is 0 Å². The first-order valence-electron chi connectivity index (χ1n) is 12.4. The molecule has 2 rings (SSSR count). The lowest BCUT2D eigenvalue weighted by molar-refractivity contribution is -0.150. The van der Waals surface area contributed by atoms with Crippen molar-refractivity contribution in [2.24, 2.45) is 0 Å². The van der Waals surface area contributed by atoms with Gasteiger partial charge in [0.2, 0.25) is 0 Å². The molecule has 0 aromatic carbocycles. The second-order valence-corrected chi connectivity index (χ2v) is 8.89. The molecule has 0 bridgehead atoms. The number of ether oxygens (including phenoxy) is 2. The molecule has 0 amide bonds. The van der Waals surface area contributed by atoms with E-state index in [9.17, 15) is 9.59 Å². The van der Waals surface area contributed by atoms with Crippen molar-refractivity contribution in [1.29, 1.82) is 0 Å². The normalized spacial score (nSPS) is 21.1. The van der Waals surface area contributed by atoms with Crippen LogP contribution in [0.1, 0.15) is 90.9 Å². The van der Waals surface area contributed by atoms with Gasteiger partial charge in [-0.1, -0.05) is 26.7 Å². The topological polar surface area (TPSA) is 59.1 Å². The fraction of sp³-hybridized carbons (Fsp3) is 0.917. The van der Waals surface area contributed by atoms with Crippen molar-refractivity contribution in [2.45, 2.75) is 103 Å². The summed E-state index contributed by atoms with van der Waals surface area (Å²) in [6.07, 6.45) is 12.1. The van der Waals surface area contributed by atoms with Gasteiger partial charge in [-0.25, -0.2) is 0 Å². The predicted molar refractivity (Wildman–Crippen MR) is 134 cm³/mol. The number of carbonyl (C=O) groups is 2. The van der Waals surface area contributed by atoms with E-state index >= 15 is 0 Å². The first-order valence-corrected chi connectivity index (χ1v) is 12.4. The summed E-state index contributed by atoms with van der Waals surface area (Å²) >= 11 is 0. The van der Waals surface area contributed by atoms with Crippen LogP contribution in [0.5, 0.6) is 0 Å². The van der Waals surface area contributed by atoms with Gasteiger partial charge < -0.3 is 19.3 Å². The zero-order chi connectivity index (χ0) is 21.6. The highest BCUT2D eigenvalue weighted by atomic mass is 35.5. The van der Waals surface area contributed by atoms with E-state index in [4.69, 9.17) is 9.47 Å². The van der Waals surface area contributed by atoms with Crippen LogP contribution >= 0.6 is 24.8 Å². The number of esters is 2. The van der Waals surface area contributed by atoms with Crippen LogP contribution in [0.15, 0.2) is 0 Å². The van der Waals surface area contributed by atoms with E-state index < -0.39 is 0 Å². The molecule has 0 radical (unpaired) electrons. The van der Waals surface area contributed by atoms with E-state index in [0.717, 1.165) is 25.9 Å². The Hall–Kier alpha value is -0.560. The molecule has 2 aliphatic heterocycles. The van der Waals surface area contributed by atoms with Crippen molar-refractivity contribution in [3.05, 3.63) is 0 Å². The molecule has 190 valence electrons. The quantitative estimate of drug-likeness (QED) is 0.234. The molecule has 2 saturated heterocycles. The highest BCUT2D eigenvalue weighted by Gasteiger charge is 2.23. The van der Waals surface area contributed by atoms with E-state index in [1.807, 2.05) is 0 Å². The molecule has 0 spiro atoms. The van der Waals surface area contributed by atoms with Crippen LogP contribution in [-0.2, 0) is 19.1 Å². The Kier molecular flexibility index (Phi) is 18.5. The maximum Gasteiger partial charge on any atom is 0.306 e. The second-order valence-electron chi connectivity index (χ2n) is 8.89. The highest BCUT2D eigenvalue weighted by molar-refractivity contribution is 5.85. The zero-order valence-corrected chi connectivity index (χ0v) is 21.9. The van der Waals surface area contributed by atoms with Gasteiger partial charge in [-0.15, -0.1) is 24.8 Å². The van der Waals surface area contributed by atoms with Crippen molar-refractivity contribution in [3.63, 3.8) is 0 Å². The van der Waals surface area contributed by atoms with E-state index in [-0.39, 0.29) is 49.6 Å². The Morgan fingerprint density at radius 2 is 1.16 bits per heavy atom. The minimum atomic E-state index is -0.294. The highest BCUT2D eigenvalue weighted by Crippen LogP contribution is 2.22. The summed E-state index contributed by atoms with van der Waals surface area (Å²) in [5.41, 5.74) is 0. The summed E-state index contributed by atoms with van der Waals surface area (Å²) in [4.78, 5) is 28.8. The molecule has 2 aliphatic rings. The average molecular weight is 498 g/mol. The lowest BCUT2D eigenvalue weighted by atomic mass is 10.1. The molecule has 6 nitrogen and oxygen atoms in total. The van der Waals surface area contributed by atoms with Gasteiger partial charge in [-0.05, 0) is 64.5 Å². The van der Waals surface area contributed by atoms with Gasteiger partial charge in [0.15, 0.2) is 0 Å². The fourth-order valence-electron chi connectivity index (χ4n) is 4.96. The SMILES string of the molecule is CCCC1CCCN1CCCOC(=O)CCC(=O)OCCCN1CCCC1CCC.Cl.Cl. The Bertz CT molecular complexity index is 466. The summed E-state index contributed by atoms with van der Waals surface area (Å²) in [5.74, 6) is -0.587. The third-order valence-corrected chi connectivity index (χ3v) is 6.48. The summed E-state index contributed by atoms with van der Waals surface area (Å²) in [6, 6.07) is 1.42. The van der Waals surface area contributed by atoms with Gasteiger partial charge in [0.1, 0.15) is 0 Å². The van der Waals surface area contributed by atoms with Crippen LogP contribution < -0.4 is 0 Å². The van der Waals surface area contributed by atoms with Gasteiger partial charge in [0.25, 0.3) is 0 Å². The van der Waals surface area contributed by atoms with Crippen molar-refractivity contribution < 1.29 is 19.1 Å². The lowest BCUT2D eigenvalue weighted by Gasteiger charge is -2.23. The lowest BCUT2D eigenvalue weighted by Crippen LogP contribution is -2.31. The van der Waals surface area contributed by atoms with Gasteiger partial charge in [-0.3, -0.25) is 9.59 Å². The number of rotatable bonds is 15. The van der Waals surface area contributed by atoms with Crippen LogP contribution in [0.4, 0.5) is 0 Å². The largest absolute Gasteiger partial charge is 0.466 e. The minimum Gasteiger partial charge on any atom is -0.466 e. The van der Waals surface area contributed by atoms with E-state index in [0.29, 0.717) is 25.3 Å². The summed E-state index contributed by atoms with van der Waals surface area (Å²) in [7, 11) is 0. The molecule has 2 fully saturated rings. The number of hydrogen-bond acceptors (Lipinski definition) is 6. The Morgan fingerprint density at radius 3 is 1.53 bits per heavy atom. The smallest absolute Gasteiger partial charge is 0.306 e. The molecule has 2 heterocycles. The van der Waals surface area contributed by atoms with Crippen LogP contribution in [0, 0.1) is 0 Å². The Morgan fingerprint density at radius 1 is 0.750 bits per heavy atom. The maximum absolute atomic E-state index is 11.9. The number of hydrogen-bond donors (Lipinski definition) is 0. The summed E-state index contributed by atoms with van der Waals surface area (Å²) in [6.45, 7) is 9.69. The van der Waals surface area contributed by atoms with Gasteiger partial charge in [0, 0.05) is 25.2 Å². The molecule has 2 atom stereocenters. The van der Waals surface area contributed by atoms with Crippen molar-refractivity contribution in [2.75, 3.05) is 39.4 Å². The molecule has 0 saturated carbocycles. The van der Waals surface area contributed by atoms with Gasteiger partial charge >= 0.3 is 11.9 Å². The number of carbonyl (C=O) groups excluding carboxylic acids is 2. The van der Waals surface area contributed by atoms with Crippen LogP contribution in [-0.4, -0.2) is 73.2 Å². The number of likely N-dealkylation sites (tertiary alicyclic amines) is 2. The van der Waals surface area contributed by atoms with Crippen molar-refractivity contribution in [3.8, 4) is 0 Å². The van der Waals surface area contributed by atoms with Gasteiger partial charge in [0.05, 0.1) is 26.1 Å². The molecular formula is C24H46Cl2N2O4. The van der Waals surface area contributed by atoms with E-state index in [1.54, 1.807) is 0 Å². The number of halogens is 2. The van der Waals surface area contributed by atoms with Crippen LogP contribution in [0.25, 0.3) is 0 Å². The molecule has 0 aromatic rings. The van der Waals surface area contributed by atoms with Crippen LogP contribution in [0.3, 0.4) is 0 Å².